The molecule has 0 aliphatic rings. The van der Waals surface area contributed by atoms with Gasteiger partial charge in [-0.2, -0.15) is 4.98 Å². The Morgan fingerprint density at radius 2 is 2.14 bits per heavy atom. The van der Waals surface area contributed by atoms with Crippen LogP contribution in [0, 0.1) is 0 Å². The van der Waals surface area contributed by atoms with Gasteiger partial charge in [-0.15, -0.1) is 0 Å². The summed E-state index contributed by atoms with van der Waals surface area (Å²) >= 11 is 0. The first-order chi connectivity index (χ1) is 10.8. The van der Waals surface area contributed by atoms with Crippen LogP contribution < -0.4 is 4.74 Å². The van der Waals surface area contributed by atoms with Crippen LogP contribution in [0.1, 0.15) is 20.3 Å². The van der Waals surface area contributed by atoms with E-state index in [1.54, 1.807) is 36.9 Å². The Balaban J connectivity index is 1.86. The van der Waals surface area contributed by atoms with Gasteiger partial charge in [0.25, 0.3) is 5.89 Å². The Labute approximate surface area is 127 Å². The minimum absolute atomic E-state index is 0.0978. The molecule has 3 aromatic rings. The second-order valence-corrected chi connectivity index (χ2v) is 4.73. The highest BCUT2D eigenvalue weighted by Crippen LogP contribution is 2.23. The van der Waals surface area contributed by atoms with Crippen molar-refractivity contribution in [3.8, 4) is 28.9 Å². The summed E-state index contributed by atoms with van der Waals surface area (Å²) in [6.07, 6.45) is 7.41. The Bertz CT molecular complexity index is 744. The highest BCUT2D eigenvalue weighted by atomic mass is 16.5. The van der Waals surface area contributed by atoms with Gasteiger partial charge in [0.2, 0.25) is 11.7 Å². The van der Waals surface area contributed by atoms with E-state index < -0.39 is 0 Å². The highest BCUT2D eigenvalue weighted by molar-refractivity contribution is 5.57. The average molecular weight is 297 g/mol. The number of ether oxygens (including phenoxy) is 1. The first-order valence-corrected chi connectivity index (χ1v) is 6.99. The zero-order valence-corrected chi connectivity index (χ0v) is 12.3. The second-order valence-electron chi connectivity index (χ2n) is 4.73. The van der Waals surface area contributed by atoms with Gasteiger partial charge in [0.1, 0.15) is 5.69 Å². The van der Waals surface area contributed by atoms with Crippen LogP contribution in [0.5, 0.6) is 5.88 Å². The van der Waals surface area contributed by atoms with Crippen LogP contribution in [-0.4, -0.2) is 31.2 Å². The summed E-state index contributed by atoms with van der Waals surface area (Å²) in [4.78, 5) is 16.6. The van der Waals surface area contributed by atoms with Crippen molar-refractivity contribution in [2.45, 2.75) is 26.4 Å². The maximum atomic E-state index is 5.69. The van der Waals surface area contributed by atoms with Crippen molar-refractivity contribution >= 4 is 0 Å². The van der Waals surface area contributed by atoms with E-state index in [0.717, 1.165) is 12.0 Å². The van der Waals surface area contributed by atoms with Crippen LogP contribution in [0.2, 0.25) is 0 Å². The molecule has 0 radical (unpaired) electrons. The van der Waals surface area contributed by atoms with E-state index in [4.69, 9.17) is 9.26 Å². The van der Waals surface area contributed by atoms with Crippen molar-refractivity contribution in [3.05, 3.63) is 36.9 Å². The van der Waals surface area contributed by atoms with Crippen LogP contribution >= 0.6 is 0 Å². The van der Waals surface area contributed by atoms with E-state index in [1.165, 1.54) is 0 Å². The van der Waals surface area contributed by atoms with Gasteiger partial charge in [-0.3, -0.25) is 4.98 Å². The molecular weight excluding hydrogens is 282 g/mol. The van der Waals surface area contributed by atoms with Crippen LogP contribution in [0.3, 0.4) is 0 Å². The topological polar surface area (TPSA) is 86.8 Å². The SMILES string of the molecule is CC[C@H](C)Oc1cc(-c2nc(-c3cnccn3)no2)ccn1. The summed E-state index contributed by atoms with van der Waals surface area (Å²) in [6, 6.07) is 3.57. The summed E-state index contributed by atoms with van der Waals surface area (Å²) in [5, 5.41) is 3.92. The largest absolute Gasteiger partial charge is 0.475 e. The lowest BCUT2D eigenvalue weighted by Gasteiger charge is -2.11. The van der Waals surface area contributed by atoms with E-state index in [1.807, 2.05) is 6.92 Å². The van der Waals surface area contributed by atoms with E-state index in [0.29, 0.717) is 23.3 Å². The molecule has 0 spiro atoms. The fourth-order valence-electron chi connectivity index (χ4n) is 1.76. The standard InChI is InChI=1S/C15H15N5O2/c1-3-10(2)21-13-8-11(4-5-18-13)15-19-14(20-22-15)12-9-16-6-7-17-12/h4-10H,3H2,1-2H3/t10-/m0/s1. The van der Waals surface area contributed by atoms with Crippen molar-refractivity contribution < 1.29 is 9.26 Å². The molecule has 3 heterocycles. The summed E-state index contributed by atoms with van der Waals surface area (Å²) < 4.78 is 11.0. The molecule has 0 unspecified atom stereocenters. The number of hydrogen-bond acceptors (Lipinski definition) is 7. The van der Waals surface area contributed by atoms with Gasteiger partial charge in [0, 0.05) is 30.2 Å². The van der Waals surface area contributed by atoms with E-state index >= 15 is 0 Å². The quantitative estimate of drug-likeness (QED) is 0.715. The molecule has 0 saturated heterocycles. The molecule has 22 heavy (non-hydrogen) atoms. The van der Waals surface area contributed by atoms with E-state index in [2.05, 4.69) is 32.0 Å². The van der Waals surface area contributed by atoms with E-state index in [9.17, 15) is 0 Å². The molecule has 7 nitrogen and oxygen atoms in total. The summed E-state index contributed by atoms with van der Waals surface area (Å²) in [5.74, 6) is 1.31. The lowest BCUT2D eigenvalue weighted by molar-refractivity contribution is 0.208. The fraction of sp³-hybridized carbons (Fsp3) is 0.267. The number of hydrogen-bond donors (Lipinski definition) is 0. The number of rotatable bonds is 5. The monoisotopic (exact) mass is 297 g/mol. The highest BCUT2D eigenvalue weighted by Gasteiger charge is 2.13. The zero-order chi connectivity index (χ0) is 15.4. The lowest BCUT2D eigenvalue weighted by Crippen LogP contribution is -2.10. The first kappa shape index (κ1) is 14.1. The predicted octanol–water partition coefficient (Wildman–Crippen LogP) is 2.77. The Morgan fingerprint density at radius 1 is 1.23 bits per heavy atom. The summed E-state index contributed by atoms with van der Waals surface area (Å²) in [5.41, 5.74) is 1.30. The minimum atomic E-state index is 0.0978. The lowest BCUT2D eigenvalue weighted by atomic mass is 10.2. The smallest absolute Gasteiger partial charge is 0.258 e. The van der Waals surface area contributed by atoms with Gasteiger partial charge in [0.15, 0.2) is 0 Å². The number of nitrogens with zero attached hydrogens (tertiary/aromatic N) is 5. The van der Waals surface area contributed by atoms with Crippen LogP contribution in [-0.2, 0) is 0 Å². The van der Waals surface area contributed by atoms with Crippen LogP contribution in [0.4, 0.5) is 0 Å². The van der Waals surface area contributed by atoms with E-state index in [-0.39, 0.29) is 6.10 Å². The second kappa shape index (κ2) is 6.30. The Morgan fingerprint density at radius 3 is 2.91 bits per heavy atom. The molecule has 3 aromatic heterocycles. The van der Waals surface area contributed by atoms with Gasteiger partial charge in [0.05, 0.1) is 12.3 Å². The maximum absolute atomic E-state index is 5.69. The van der Waals surface area contributed by atoms with Crippen molar-refractivity contribution in [3.63, 3.8) is 0 Å². The predicted molar refractivity (Wildman–Crippen MR) is 78.9 cm³/mol. The van der Waals surface area contributed by atoms with Gasteiger partial charge in [-0.25, -0.2) is 9.97 Å². The average Bonchev–Trinajstić information content (AvgIpc) is 3.06. The molecule has 0 aliphatic carbocycles. The molecule has 0 N–H and O–H groups in total. The molecule has 0 aliphatic heterocycles. The number of aromatic nitrogens is 5. The molecule has 0 aromatic carbocycles. The molecule has 1 atom stereocenters. The van der Waals surface area contributed by atoms with Crippen LogP contribution in [0.25, 0.3) is 23.0 Å². The van der Waals surface area contributed by atoms with Gasteiger partial charge >= 0.3 is 0 Å². The van der Waals surface area contributed by atoms with Crippen molar-refractivity contribution in [1.29, 1.82) is 0 Å². The van der Waals surface area contributed by atoms with Crippen molar-refractivity contribution in [2.75, 3.05) is 0 Å². The summed E-state index contributed by atoms with van der Waals surface area (Å²) in [7, 11) is 0. The van der Waals surface area contributed by atoms with Crippen molar-refractivity contribution in [2.24, 2.45) is 0 Å². The molecule has 7 heteroatoms. The maximum Gasteiger partial charge on any atom is 0.258 e. The van der Waals surface area contributed by atoms with Crippen LogP contribution in [0.15, 0.2) is 41.4 Å². The molecule has 0 bridgehead atoms. The normalized spacial score (nSPS) is 12.1. The number of pyridine rings is 1. The molecule has 0 saturated carbocycles. The van der Waals surface area contributed by atoms with Gasteiger partial charge in [-0.1, -0.05) is 12.1 Å². The molecular formula is C15H15N5O2. The molecule has 0 fully saturated rings. The van der Waals surface area contributed by atoms with Gasteiger partial charge < -0.3 is 9.26 Å². The Kier molecular flexibility index (Phi) is 4.04. The minimum Gasteiger partial charge on any atom is -0.475 e. The molecule has 0 amide bonds. The summed E-state index contributed by atoms with van der Waals surface area (Å²) in [6.45, 7) is 4.05. The zero-order valence-electron chi connectivity index (χ0n) is 12.3. The molecule has 112 valence electrons. The third kappa shape index (κ3) is 3.08. The van der Waals surface area contributed by atoms with Crippen molar-refractivity contribution in [1.82, 2.24) is 25.1 Å². The Hall–Kier alpha value is -2.83. The fourth-order valence-corrected chi connectivity index (χ4v) is 1.76. The third-order valence-electron chi connectivity index (χ3n) is 3.10. The first-order valence-electron chi connectivity index (χ1n) is 6.99. The van der Waals surface area contributed by atoms with Gasteiger partial charge in [-0.05, 0) is 19.4 Å². The third-order valence-corrected chi connectivity index (χ3v) is 3.10. The molecule has 3 rings (SSSR count).